The number of hydrogen-bond acceptors (Lipinski definition) is 3. The maximum atomic E-state index is 6.08. The number of hydrogen-bond donors (Lipinski definition) is 0. The van der Waals surface area contributed by atoms with E-state index in [1.54, 1.807) is 12.4 Å². The molecule has 0 radical (unpaired) electrons. The SMILES string of the molecule is Clc1cccc(-c2cnn3c(-c4cccnc4)ccnc23)c1. The van der Waals surface area contributed by atoms with Gasteiger partial charge in [-0.15, -0.1) is 0 Å². The van der Waals surface area contributed by atoms with E-state index in [2.05, 4.69) is 15.1 Å². The van der Waals surface area contributed by atoms with Gasteiger partial charge < -0.3 is 0 Å². The summed E-state index contributed by atoms with van der Waals surface area (Å²) in [4.78, 5) is 8.64. The van der Waals surface area contributed by atoms with Crippen molar-refractivity contribution in [2.45, 2.75) is 0 Å². The summed E-state index contributed by atoms with van der Waals surface area (Å²) in [7, 11) is 0. The number of rotatable bonds is 2. The molecule has 4 nitrogen and oxygen atoms in total. The van der Waals surface area contributed by atoms with Crippen LogP contribution in [0.2, 0.25) is 5.02 Å². The molecule has 3 heterocycles. The lowest BCUT2D eigenvalue weighted by atomic mass is 10.1. The third kappa shape index (κ3) is 2.14. The summed E-state index contributed by atoms with van der Waals surface area (Å²) in [6.07, 6.45) is 7.17. The van der Waals surface area contributed by atoms with E-state index >= 15 is 0 Å². The number of nitrogens with zero attached hydrogens (tertiary/aromatic N) is 4. The molecule has 0 fully saturated rings. The summed E-state index contributed by atoms with van der Waals surface area (Å²) < 4.78 is 1.83. The summed E-state index contributed by atoms with van der Waals surface area (Å²) in [5.74, 6) is 0. The summed E-state index contributed by atoms with van der Waals surface area (Å²) in [5, 5.41) is 5.18. The molecular formula is C17H11ClN4. The fraction of sp³-hybridized carbons (Fsp3) is 0. The first kappa shape index (κ1) is 13.0. The molecule has 0 amide bonds. The van der Waals surface area contributed by atoms with Crippen molar-refractivity contribution >= 4 is 17.2 Å². The molecule has 0 spiro atoms. The average Bonchev–Trinajstić information content (AvgIpc) is 3.00. The van der Waals surface area contributed by atoms with E-state index in [0.29, 0.717) is 5.02 Å². The van der Waals surface area contributed by atoms with Crippen molar-refractivity contribution < 1.29 is 0 Å². The second-order valence-corrected chi connectivity index (χ2v) is 5.31. The Morgan fingerprint density at radius 1 is 0.909 bits per heavy atom. The van der Waals surface area contributed by atoms with Crippen molar-refractivity contribution in [2.75, 3.05) is 0 Å². The number of benzene rings is 1. The summed E-state index contributed by atoms with van der Waals surface area (Å²) >= 11 is 6.08. The molecule has 1 aromatic carbocycles. The molecule has 3 aromatic heterocycles. The quantitative estimate of drug-likeness (QED) is 0.559. The van der Waals surface area contributed by atoms with Gasteiger partial charge in [0.25, 0.3) is 0 Å². The zero-order valence-corrected chi connectivity index (χ0v) is 12.3. The highest BCUT2D eigenvalue weighted by atomic mass is 35.5. The van der Waals surface area contributed by atoms with Crippen LogP contribution in [0, 0.1) is 0 Å². The first-order valence-electron chi connectivity index (χ1n) is 6.82. The molecule has 5 heteroatoms. The third-order valence-electron chi connectivity index (χ3n) is 3.49. The van der Waals surface area contributed by atoms with E-state index in [-0.39, 0.29) is 0 Å². The number of pyridine rings is 1. The lowest BCUT2D eigenvalue weighted by molar-refractivity contribution is 0.947. The molecule has 0 aliphatic rings. The Morgan fingerprint density at radius 3 is 2.64 bits per heavy atom. The van der Waals surface area contributed by atoms with Crippen LogP contribution in [0.5, 0.6) is 0 Å². The zero-order chi connectivity index (χ0) is 14.9. The lowest BCUT2D eigenvalue weighted by Gasteiger charge is -2.04. The number of fused-ring (bicyclic) bond motifs is 1. The molecule has 0 saturated carbocycles. The van der Waals surface area contributed by atoms with E-state index in [9.17, 15) is 0 Å². The van der Waals surface area contributed by atoms with Crippen molar-refractivity contribution in [3.8, 4) is 22.4 Å². The Morgan fingerprint density at radius 2 is 1.82 bits per heavy atom. The largest absolute Gasteiger partial charge is 0.264 e. The fourth-order valence-electron chi connectivity index (χ4n) is 2.48. The van der Waals surface area contributed by atoms with E-state index in [1.807, 2.05) is 59.4 Å². The minimum Gasteiger partial charge on any atom is -0.264 e. The predicted octanol–water partition coefficient (Wildman–Crippen LogP) is 4.11. The third-order valence-corrected chi connectivity index (χ3v) is 3.73. The van der Waals surface area contributed by atoms with Crippen LogP contribution >= 0.6 is 11.6 Å². The average molecular weight is 307 g/mol. The van der Waals surface area contributed by atoms with E-state index in [1.165, 1.54) is 0 Å². The van der Waals surface area contributed by atoms with Gasteiger partial charge in [0.2, 0.25) is 0 Å². The van der Waals surface area contributed by atoms with Crippen LogP contribution in [0.3, 0.4) is 0 Å². The van der Waals surface area contributed by atoms with Gasteiger partial charge in [0.15, 0.2) is 5.65 Å². The van der Waals surface area contributed by atoms with Gasteiger partial charge in [0.1, 0.15) is 0 Å². The smallest absolute Gasteiger partial charge is 0.163 e. The Bertz CT molecular complexity index is 947. The van der Waals surface area contributed by atoms with Gasteiger partial charge in [-0.05, 0) is 35.9 Å². The minimum absolute atomic E-state index is 0.695. The van der Waals surface area contributed by atoms with E-state index < -0.39 is 0 Å². The van der Waals surface area contributed by atoms with E-state index in [4.69, 9.17) is 11.6 Å². The van der Waals surface area contributed by atoms with Crippen molar-refractivity contribution in [2.24, 2.45) is 0 Å². The first-order chi connectivity index (χ1) is 10.8. The Balaban J connectivity index is 1.94. The molecule has 4 aromatic rings. The maximum absolute atomic E-state index is 6.08. The standard InChI is InChI=1S/C17H11ClN4/c18-14-5-1-3-12(9-14)15-11-21-22-16(6-8-20-17(15)22)13-4-2-7-19-10-13/h1-11H. The minimum atomic E-state index is 0.695. The summed E-state index contributed by atoms with van der Waals surface area (Å²) in [6.45, 7) is 0. The van der Waals surface area contributed by atoms with Crippen LogP contribution in [0.1, 0.15) is 0 Å². The molecular weight excluding hydrogens is 296 g/mol. The van der Waals surface area contributed by atoms with Crippen LogP contribution in [0.4, 0.5) is 0 Å². The van der Waals surface area contributed by atoms with E-state index in [0.717, 1.165) is 28.0 Å². The highest BCUT2D eigenvalue weighted by Crippen LogP contribution is 2.28. The topological polar surface area (TPSA) is 43.1 Å². The van der Waals surface area contributed by atoms with Crippen LogP contribution < -0.4 is 0 Å². The van der Waals surface area contributed by atoms with Crippen molar-refractivity contribution in [3.63, 3.8) is 0 Å². The summed E-state index contributed by atoms with van der Waals surface area (Å²) in [5.41, 5.74) is 4.69. The first-order valence-corrected chi connectivity index (χ1v) is 7.20. The second kappa shape index (κ2) is 5.24. The predicted molar refractivity (Wildman–Crippen MR) is 86.7 cm³/mol. The molecule has 0 bridgehead atoms. The van der Waals surface area contributed by atoms with Gasteiger partial charge in [-0.25, -0.2) is 9.50 Å². The van der Waals surface area contributed by atoms with Gasteiger partial charge >= 0.3 is 0 Å². The van der Waals surface area contributed by atoms with Gasteiger partial charge in [0.05, 0.1) is 11.9 Å². The Kier molecular flexibility index (Phi) is 3.09. The molecule has 22 heavy (non-hydrogen) atoms. The Hall–Kier alpha value is -2.72. The molecule has 0 unspecified atom stereocenters. The Labute approximate surface area is 132 Å². The highest BCUT2D eigenvalue weighted by Gasteiger charge is 2.11. The molecule has 0 saturated heterocycles. The molecule has 0 atom stereocenters. The van der Waals surface area contributed by atoms with Crippen LogP contribution in [-0.4, -0.2) is 19.6 Å². The van der Waals surface area contributed by atoms with Gasteiger partial charge in [0, 0.05) is 34.7 Å². The van der Waals surface area contributed by atoms with Crippen LogP contribution in [-0.2, 0) is 0 Å². The zero-order valence-electron chi connectivity index (χ0n) is 11.5. The van der Waals surface area contributed by atoms with Crippen LogP contribution in [0.15, 0.2) is 67.3 Å². The monoisotopic (exact) mass is 306 g/mol. The fourth-order valence-corrected chi connectivity index (χ4v) is 2.67. The molecule has 0 aliphatic heterocycles. The molecule has 0 aliphatic carbocycles. The van der Waals surface area contributed by atoms with Gasteiger partial charge in [-0.1, -0.05) is 23.7 Å². The lowest BCUT2D eigenvalue weighted by Crippen LogP contribution is -1.95. The number of aromatic nitrogens is 4. The van der Waals surface area contributed by atoms with Crippen molar-refractivity contribution in [3.05, 3.63) is 72.3 Å². The van der Waals surface area contributed by atoms with Crippen LogP contribution in [0.25, 0.3) is 28.0 Å². The normalized spacial score (nSPS) is 11.0. The summed E-state index contributed by atoms with van der Waals surface area (Å²) in [6, 6.07) is 13.5. The van der Waals surface area contributed by atoms with Crippen molar-refractivity contribution in [1.29, 1.82) is 0 Å². The van der Waals surface area contributed by atoms with Gasteiger partial charge in [-0.3, -0.25) is 4.98 Å². The molecule has 4 rings (SSSR count). The van der Waals surface area contributed by atoms with Crippen molar-refractivity contribution in [1.82, 2.24) is 19.6 Å². The maximum Gasteiger partial charge on any atom is 0.163 e. The second-order valence-electron chi connectivity index (χ2n) is 4.88. The number of halogens is 1. The van der Waals surface area contributed by atoms with Gasteiger partial charge in [-0.2, -0.15) is 5.10 Å². The molecule has 106 valence electrons. The highest BCUT2D eigenvalue weighted by molar-refractivity contribution is 6.30. The molecule has 0 N–H and O–H groups in total.